The largest absolute Gasteiger partial charge is 0.380 e. The van der Waals surface area contributed by atoms with Gasteiger partial charge in [0, 0.05) is 26.2 Å². The van der Waals surface area contributed by atoms with Gasteiger partial charge in [-0.05, 0) is 18.4 Å². The van der Waals surface area contributed by atoms with E-state index in [1.807, 2.05) is 0 Å². The molecule has 1 heterocycles. The summed E-state index contributed by atoms with van der Waals surface area (Å²) in [6.45, 7) is 5.27. The van der Waals surface area contributed by atoms with Crippen LogP contribution >= 0.6 is 0 Å². The van der Waals surface area contributed by atoms with E-state index in [2.05, 4.69) is 35.2 Å². The molecule has 0 saturated carbocycles. The van der Waals surface area contributed by atoms with Gasteiger partial charge >= 0.3 is 0 Å². The van der Waals surface area contributed by atoms with Crippen LogP contribution in [-0.2, 0) is 11.2 Å². The third-order valence-electron chi connectivity index (χ3n) is 2.87. The standard InChI is InChI=1S/C13H19NO/c1-2-5-13(6-3-1)7-9-14-8-4-11-15-12-10-14/h1-3,5-6H,4,7-12H2. The average Bonchev–Trinajstić information content (AvgIpc) is 2.56. The summed E-state index contributed by atoms with van der Waals surface area (Å²) in [6.07, 6.45) is 2.33. The van der Waals surface area contributed by atoms with Gasteiger partial charge in [0.2, 0.25) is 0 Å². The molecule has 1 aliphatic rings. The van der Waals surface area contributed by atoms with Crippen LogP contribution in [0, 0.1) is 0 Å². The molecule has 0 N–H and O–H groups in total. The average molecular weight is 205 g/mol. The van der Waals surface area contributed by atoms with E-state index in [1.165, 1.54) is 18.5 Å². The van der Waals surface area contributed by atoms with Gasteiger partial charge in [0.05, 0.1) is 6.61 Å². The number of nitrogens with zero attached hydrogens (tertiary/aromatic N) is 1. The number of ether oxygens (including phenoxy) is 1. The van der Waals surface area contributed by atoms with E-state index >= 15 is 0 Å². The molecule has 1 fully saturated rings. The first-order chi connectivity index (χ1) is 7.45. The summed E-state index contributed by atoms with van der Waals surface area (Å²) < 4.78 is 5.44. The molecule has 1 saturated heterocycles. The second-order valence-corrected chi connectivity index (χ2v) is 4.04. The fourth-order valence-corrected chi connectivity index (χ4v) is 1.95. The highest BCUT2D eigenvalue weighted by Gasteiger charge is 2.08. The van der Waals surface area contributed by atoms with Crippen LogP contribution in [0.3, 0.4) is 0 Å². The maximum Gasteiger partial charge on any atom is 0.0593 e. The number of hydrogen-bond acceptors (Lipinski definition) is 2. The maximum atomic E-state index is 5.44. The van der Waals surface area contributed by atoms with Crippen LogP contribution < -0.4 is 0 Å². The summed E-state index contributed by atoms with van der Waals surface area (Å²) in [5.41, 5.74) is 1.43. The zero-order valence-corrected chi connectivity index (χ0v) is 9.19. The Morgan fingerprint density at radius 3 is 2.80 bits per heavy atom. The first-order valence-electron chi connectivity index (χ1n) is 5.79. The normalized spacial score (nSPS) is 18.7. The number of hydrogen-bond donors (Lipinski definition) is 0. The van der Waals surface area contributed by atoms with E-state index in [0.29, 0.717) is 0 Å². The van der Waals surface area contributed by atoms with Gasteiger partial charge in [0.1, 0.15) is 0 Å². The second-order valence-electron chi connectivity index (χ2n) is 4.04. The second kappa shape index (κ2) is 5.89. The number of benzene rings is 1. The lowest BCUT2D eigenvalue weighted by Crippen LogP contribution is -2.28. The van der Waals surface area contributed by atoms with Gasteiger partial charge in [-0.15, -0.1) is 0 Å². The fraction of sp³-hybridized carbons (Fsp3) is 0.538. The molecule has 2 rings (SSSR count). The Hall–Kier alpha value is -0.860. The van der Waals surface area contributed by atoms with Crippen molar-refractivity contribution in [2.45, 2.75) is 12.8 Å². The lowest BCUT2D eigenvalue weighted by molar-refractivity contribution is 0.141. The number of rotatable bonds is 3. The smallest absolute Gasteiger partial charge is 0.0593 e. The minimum absolute atomic E-state index is 0.898. The first-order valence-corrected chi connectivity index (χ1v) is 5.79. The van der Waals surface area contributed by atoms with Gasteiger partial charge in [-0.3, -0.25) is 0 Å². The molecule has 0 amide bonds. The molecule has 0 spiro atoms. The monoisotopic (exact) mass is 205 g/mol. The molecule has 1 aromatic rings. The molecule has 1 aliphatic heterocycles. The lowest BCUT2D eigenvalue weighted by Gasteiger charge is -2.18. The Labute approximate surface area is 91.9 Å². The van der Waals surface area contributed by atoms with E-state index in [1.54, 1.807) is 0 Å². The Bertz CT molecular complexity index is 265. The third kappa shape index (κ3) is 3.65. The molecule has 0 radical (unpaired) electrons. The van der Waals surface area contributed by atoms with Gasteiger partial charge in [0.15, 0.2) is 0 Å². The van der Waals surface area contributed by atoms with Crippen LogP contribution in [0.2, 0.25) is 0 Å². The van der Waals surface area contributed by atoms with Crippen LogP contribution in [0.15, 0.2) is 30.3 Å². The molecule has 15 heavy (non-hydrogen) atoms. The quantitative estimate of drug-likeness (QED) is 0.748. The van der Waals surface area contributed by atoms with E-state index in [0.717, 1.165) is 32.7 Å². The van der Waals surface area contributed by atoms with Crippen molar-refractivity contribution in [3.63, 3.8) is 0 Å². The zero-order chi connectivity index (χ0) is 10.3. The van der Waals surface area contributed by atoms with Crippen molar-refractivity contribution in [3.8, 4) is 0 Å². The van der Waals surface area contributed by atoms with Gasteiger partial charge in [-0.2, -0.15) is 0 Å². The van der Waals surface area contributed by atoms with Crippen LogP contribution in [-0.4, -0.2) is 37.7 Å². The minimum atomic E-state index is 0.898. The van der Waals surface area contributed by atoms with Crippen molar-refractivity contribution >= 4 is 0 Å². The molecule has 0 unspecified atom stereocenters. The highest BCUT2D eigenvalue weighted by molar-refractivity contribution is 5.14. The fourth-order valence-electron chi connectivity index (χ4n) is 1.95. The molecule has 0 aromatic heterocycles. The van der Waals surface area contributed by atoms with E-state index in [-0.39, 0.29) is 0 Å². The molecular formula is C13H19NO. The Morgan fingerprint density at radius 1 is 1.07 bits per heavy atom. The zero-order valence-electron chi connectivity index (χ0n) is 9.19. The molecule has 0 atom stereocenters. The van der Waals surface area contributed by atoms with E-state index < -0.39 is 0 Å². The molecule has 2 nitrogen and oxygen atoms in total. The molecule has 0 aliphatic carbocycles. The molecule has 1 aromatic carbocycles. The lowest BCUT2D eigenvalue weighted by atomic mass is 10.1. The summed E-state index contributed by atoms with van der Waals surface area (Å²) in [6, 6.07) is 10.7. The summed E-state index contributed by atoms with van der Waals surface area (Å²) in [5.74, 6) is 0. The minimum Gasteiger partial charge on any atom is -0.380 e. The predicted octanol–water partition coefficient (Wildman–Crippen LogP) is 1.95. The highest BCUT2D eigenvalue weighted by Crippen LogP contribution is 2.04. The van der Waals surface area contributed by atoms with Crippen molar-refractivity contribution < 1.29 is 4.74 Å². The van der Waals surface area contributed by atoms with Gasteiger partial charge in [-0.25, -0.2) is 0 Å². The Kier molecular flexibility index (Phi) is 4.18. The van der Waals surface area contributed by atoms with Gasteiger partial charge in [0.25, 0.3) is 0 Å². The maximum absolute atomic E-state index is 5.44. The van der Waals surface area contributed by atoms with Crippen molar-refractivity contribution in [1.82, 2.24) is 4.90 Å². The molecular weight excluding hydrogens is 186 g/mol. The van der Waals surface area contributed by atoms with Crippen molar-refractivity contribution in [2.75, 3.05) is 32.8 Å². The van der Waals surface area contributed by atoms with Gasteiger partial charge < -0.3 is 9.64 Å². The third-order valence-corrected chi connectivity index (χ3v) is 2.87. The Morgan fingerprint density at radius 2 is 1.93 bits per heavy atom. The molecule has 0 bridgehead atoms. The van der Waals surface area contributed by atoms with Crippen molar-refractivity contribution in [1.29, 1.82) is 0 Å². The summed E-state index contributed by atoms with van der Waals surface area (Å²) >= 11 is 0. The predicted molar refractivity (Wildman–Crippen MR) is 62.0 cm³/mol. The van der Waals surface area contributed by atoms with Crippen LogP contribution in [0.25, 0.3) is 0 Å². The van der Waals surface area contributed by atoms with Gasteiger partial charge in [-0.1, -0.05) is 30.3 Å². The topological polar surface area (TPSA) is 12.5 Å². The highest BCUT2D eigenvalue weighted by atomic mass is 16.5. The summed E-state index contributed by atoms with van der Waals surface area (Å²) in [4.78, 5) is 2.50. The molecule has 2 heteroatoms. The summed E-state index contributed by atoms with van der Waals surface area (Å²) in [7, 11) is 0. The van der Waals surface area contributed by atoms with Crippen LogP contribution in [0.5, 0.6) is 0 Å². The van der Waals surface area contributed by atoms with Crippen LogP contribution in [0.4, 0.5) is 0 Å². The van der Waals surface area contributed by atoms with Crippen molar-refractivity contribution in [3.05, 3.63) is 35.9 Å². The first kappa shape index (κ1) is 10.7. The van der Waals surface area contributed by atoms with E-state index in [9.17, 15) is 0 Å². The van der Waals surface area contributed by atoms with Crippen molar-refractivity contribution in [2.24, 2.45) is 0 Å². The Balaban J connectivity index is 1.77. The summed E-state index contributed by atoms with van der Waals surface area (Å²) in [5, 5.41) is 0. The van der Waals surface area contributed by atoms with E-state index in [4.69, 9.17) is 4.74 Å². The molecule has 82 valence electrons. The SMILES string of the molecule is c1ccc(CCN2CCCOCC2)cc1. The van der Waals surface area contributed by atoms with Crippen LogP contribution in [0.1, 0.15) is 12.0 Å².